The van der Waals surface area contributed by atoms with Gasteiger partial charge in [-0.3, -0.25) is 0 Å². The lowest BCUT2D eigenvalue weighted by molar-refractivity contribution is -0.173. The van der Waals surface area contributed by atoms with Crippen molar-refractivity contribution in [1.82, 2.24) is 5.32 Å². The maximum atomic E-state index is 11.8. The Hall–Kier alpha value is -1.27. The molecular formula is C13H18F3NO2. The number of benzene rings is 1. The summed E-state index contributed by atoms with van der Waals surface area (Å²) in [5, 5.41) is 3.13. The van der Waals surface area contributed by atoms with E-state index in [1.165, 1.54) is 0 Å². The zero-order valence-electron chi connectivity index (χ0n) is 10.8. The smallest absolute Gasteiger partial charge is 0.411 e. The zero-order chi connectivity index (χ0) is 14.1. The van der Waals surface area contributed by atoms with E-state index >= 15 is 0 Å². The minimum absolute atomic E-state index is 0.0957. The number of para-hydroxylation sites is 1. The average Bonchev–Trinajstić information content (AvgIpc) is 2.37. The first-order chi connectivity index (χ1) is 9.03. The van der Waals surface area contributed by atoms with Gasteiger partial charge in [0, 0.05) is 18.7 Å². The Kier molecular flexibility index (Phi) is 6.66. The van der Waals surface area contributed by atoms with Gasteiger partial charge in [0.05, 0.1) is 7.11 Å². The fourth-order valence-corrected chi connectivity index (χ4v) is 1.56. The molecule has 0 fully saturated rings. The number of hydrogen-bond acceptors (Lipinski definition) is 3. The summed E-state index contributed by atoms with van der Waals surface area (Å²) in [6.45, 7) is 0.122. The van der Waals surface area contributed by atoms with Crippen LogP contribution >= 0.6 is 0 Å². The van der Waals surface area contributed by atoms with E-state index in [0.717, 1.165) is 11.3 Å². The molecule has 0 aliphatic rings. The van der Waals surface area contributed by atoms with E-state index in [2.05, 4.69) is 10.1 Å². The van der Waals surface area contributed by atoms with Gasteiger partial charge >= 0.3 is 6.18 Å². The average molecular weight is 277 g/mol. The topological polar surface area (TPSA) is 30.5 Å². The van der Waals surface area contributed by atoms with Gasteiger partial charge in [0.2, 0.25) is 0 Å². The molecule has 0 amide bonds. The van der Waals surface area contributed by atoms with Crippen LogP contribution in [-0.4, -0.2) is 33.0 Å². The molecule has 19 heavy (non-hydrogen) atoms. The van der Waals surface area contributed by atoms with Gasteiger partial charge in [0.25, 0.3) is 0 Å². The summed E-state index contributed by atoms with van der Waals surface area (Å²) < 4.78 is 45.0. The molecule has 1 N–H and O–H groups in total. The molecular weight excluding hydrogens is 259 g/mol. The molecule has 0 saturated heterocycles. The van der Waals surface area contributed by atoms with Crippen molar-refractivity contribution >= 4 is 0 Å². The highest BCUT2D eigenvalue weighted by Gasteiger charge is 2.27. The maximum absolute atomic E-state index is 11.8. The monoisotopic (exact) mass is 277 g/mol. The van der Waals surface area contributed by atoms with Crippen molar-refractivity contribution in [3.63, 3.8) is 0 Å². The SMILES string of the molecule is COc1ccccc1CNCCCOCC(F)(F)F. The maximum Gasteiger partial charge on any atom is 0.411 e. The van der Waals surface area contributed by atoms with Gasteiger partial charge < -0.3 is 14.8 Å². The van der Waals surface area contributed by atoms with Crippen molar-refractivity contribution in [3.05, 3.63) is 29.8 Å². The van der Waals surface area contributed by atoms with Crippen molar-refractivity contribution in [1.29, 1.82) is 0 Å². The first kappa shape index (κ1) is 15.8. The molecule has 0 unspecified atom stereocenters. The summed E-state index contributed by atoms with van der Waals surface area (Å²) in [5.74, 6) is 0.795. The second-order valence-corrected chi connectivity index (χ2v) is 4.01. The van der Waals surface area contributed by atoms with Crippen molar-refractivity contribution < 1.29 is 22.6 Å². The van der Waals surface area contributed by atoms with E-state index < -0.39 is 12.8 Å². The van der Waals surface area contributed by atoms with Gasteiger partial charge in [-0.15, -0.1) is 0 Å². The van der Waals surface area contributed by atoms with Gasteiger partial charge in [0.1, 0.15) is 12.4 Å². The molecule has 108 valence electrons. The molecule has 0 aliphatic carbocycles. The van der Waals surface area contributed by atoms with Crippen LogP contribution in [-0.2, 0) is 11.3 Å². The predicted molar refractivity (Wildman–Crippen MR) is 66.2 cm³/mol. The quantitative estimate of drug-likeness (QED) is 0.741. The lowest BCUT2D eigenvalue weighted by Crippen LogP contribution is -2.20. The number of methoxy groups -OCH3 is 1. The molecule has 0 aromatic heterocycles. The van der Waals surface area contributed by atoms with Gasteiger partial charge in [-0.2, -0.15) is 13.2 Å². The highest BCUT2D eigenvalue weighted by atomic mass is 19.4. The van der Waals surface area contributed by atoms with E-state index in [4.69, 9.17) is 4.74 Å². The third-order valence-electron chi connectivity index (χ3n) is 2.42. The molecule has 1 aromatic rings. The second-order valence-electron chi connectivity index (χ2n) is 4.01. The summed E-state index contributed by atoms with van der Waals surface area (Å²) >= 11 is 0. The van der Waals surface area contributed by atoms with E-state index in [1.807, 2.05) is 24.3 Å². The third kappa shape index (κ3) is 7.03. The summed E-state index contributed by atoms with van der Waals surface area (Å²) in [7, 11) is 1.60. The highest BCUT2D eigenvalue weighted by Crippen LogP contribution is 2.16. The standard InChI is InChI=1S/C13H18F3NO2/c1-18-12-6-3-2-5-11(12)9-17-7-4-8-19-10-13(14,15)16/h2-3,5-6,17H,4,7-10H2,1H3. The molecule has 0 atom stereocenters. The molecule has 1 aromatic carbocycles. The molecule has 0 heterocycles. The van der Waals surface area contributed by atoms with Crippen LogP contribution in [0.4, 0.5) is 13.2 Å². The van der Waals surface area contributed by atoms with Crippen molar-refractivity contribution in [2.45, 2.75) is 19.1 Å². The Bertz CT molecular complexity index is 369. The Morgan fingerprint density at radius 1 is 1.21 bits per heavy atom. The van der Waals surface area contributed by atoms with E-state index in [0.29, 0.717) is 19.5 Å². The van der Waals surface area contributed by atoms with E-state index in [-0.39, 0.29) is 6.61 Å². The summed E-state index contributed by atoms with van der Waals surface area (Å²) in [6, 6.07) is 7.59. The highest BCUT2D eigenvalue weighted by molar-refractivity contribution is 5.32. The largest absolute Gasteiger partial charge is 0.496 e. The third-order valence-corrected chi connectivity index (χ3v) is 2.42. The van der Waals surface area contributed by atoms with Gasteiger partial charge in [0.15, 0.2) is 0 Å². The van der Waals surface area contributed by atoms with Crippen LogP contribution in [0.25, 0.3) is 0 Å². The van der Waals surface area contributed by atoms with Crippen LogP contribution in [0.3, 0.4) is 0 Å². The molecule has 0 saturated carbocycles. The predicted octanol–water partition coefficient (Wildman–Crippen LogP) is 2.75. The second kappa shape index (κ2) is 8.01. The van der Waals surface area contributed by atoms with Crippen LogP contribution in [0.2, 0.25) is 0 Å². The number of hydrogen-bond donors (Lipinski definition) is 1. The van der Waals surface area contributed by atoms with Crippen molar-refractivity contribution in [2.75, 3.05) is 26.9 Å². The fourth-order valence-electron chi connectivity index (χ4n) is 1.56. The molecule has 1 rings (SSSR count). The molecule has 0 aliphatic heterocycles. The number of rotatable bonds is 8. The Morgan fingerprint density at radius 2 is 1.95 bits per heavy atom. The van der Waals surface area contributed by atoms with Crippen molar-refractivity contribution in [3.8, 4) is 5.75 Å². The molecule has 0 bridgehead atoms. The zero-order valence-corrected chi connectivity index (χ0v) is 10.8. The lowest BCUT2D eigenvalue weighted by atomic mass is 10.2. The van der Waals surface area contributed by atoms with Gasteiger partial charge in [-0.1, -0.05) is 18.2 Å². The number of ether oxygens (including phenoxy) is 2. The Balaban J connectivity index is 2.11. The molecule has 0 radical (unpaired) electrons. The number of nitrogens with one attached hydrogen (secondary N) is 1. The van der Waals surface area contributed by atoms with Gasteiger partial charge in [-0.25, -0.2) is 0 Å². The fraction of sp³-hybridized carbons (Fsp3) is 0.538. The van der Waals surface area contributed by atoms with Crippen LogP contribution in [0, 0.1) is 0 Å². The van der Waals surface area contributed by atoms with E-state index in [9.17, 15) is 13.2 Å². The van der Waals surface area contributed by atoms with Gasteiger partial charge in [-0.05, 0) is 19.0 Å². The van der Waals surface area contributed by atoms with Crippen LogP contribution < -0.4 is 10.1 Å². The molecule has 6 heteroatoms. The summed E-state index contributed by atoms with van der Waals surface area (Å²) in [5.41, 5.74) is 1.02. The van der Waals surface area contributed by atoms with Crippen molar-refractivity contribution in [2.24, 2.45) is 0 Å². The van der Waals surface area contributed by atoms with Crippen LogP contribution in [0.15, 0.2) is 24.3 Å². The van der Waals surface area contributed by atoms with E-state index in [1.54, 1.807) is 7.11 Å². The Morgan fingerprint density at radius 3 is 2.63 bits per heavy atom. The first-order valence-electron chi connectivity index (χ1n) is 6.00. The summed E-state index contributed by atoms with van der Waals surface area (Å²) in [6.07, 6.45) is -3.71. The summed E-state index contributed by atoms with van der Waals surface area (Å²) in [4.78, 5) is 0. The molecule has 0 spiro atoms. The number of alkyl halides is 3. The number of halogens is 3. The normalized spacial score (nSPS) is 11.6. The minimum Gasteiger partial charge on any atom is -0.496 e. The lowest BCUT2D eigenvalue weighted by Gasteiger charge is -2.10. The first-order valence-corrected chi connectivity index (χ1v) is 6.00. The minimum atomic E-state index is -4.25. The Labute approximate surface area is 110 Å². The van der Waals surface area contributed by atoms with Crippen LogP contribution in [0.1, 0.15) is 12.0 Å². The van der Waals surface area contributed by atoms with Crippen LogP contribution in [0.5, 0.6) is 5.75 Å². The molecule has 3 nitrogen and oxygen atoms in total.